The van der Waals surface area contributed by atoms with Crippen molar-refractivity contribution in [2.75, 3.05) is 18.0 Å². The van der Waals surface area contributed by atoms with Gasteiger partial charge in [-0.05, 0) is 26.3 Å². The molecule has 6 nitrogen and oxygen atoms in total. The predicted octanol–water partition coefficient (Wildman–Crippen LogP) is 2.77. The Bertz CT molecular complexity index is 719. The highest BCUT2D eigenvalue weighted by Gasteiger charge is 2.56. The monoisotopic (exact) mass is 374 g/mol. The van der Waals surface area contributed by atoms with Crippen LogP contribution in [-0.4, -0.2) is 50.5 Å². The standard InChI is InChI=1S/C14H16N4S.C5H10O2/c15-11-8-16-18(9-11)12(10-4-2-1-3-5-10)13-14-17(13)6-7-19-14;1-5(2,3)7-4-6/h1-5,8-9,12-14H,6-7,15H2;4H,1-3H3. The summed E-state index contributed by atoms with van der Waals surface area (Å²) < 4.78 is 6.57. The Morgan fingerprint density at radius 3 is 2.54 bits per heavy atom. The first-order valence-electron chi connectivity index (χ1n) is 8.74. The number of carbonyl (C=O) groups is 1. The van der Waals surface area contributed by atoms with Crippen LogP contribution >= 0.6 is 11.8 Å². The molecule has 2 aliphatic rings. The molecule has 0 aliphatic carbocycles. The van der Waals surface area contributed by atoms with Crippen molar-refractivity contribution >= 4 is 23.9 Å². The molecule has 7 heteroatoms. The van der Waals surface area contributed by atoms with Crippen LogP contribution in [0.1, 0.15) is 32.4 Å². The van der Waals surface area contributed by atoms with Crippen LogP contribution in [0, 0.1) is 0 Å². The number of fused-ring (bicyclic) bond motifs is 1. The maximum absolute atomic E-state index is 9.60. The number of aromatic nitrogens is 2. The Kier molecular flexibility index (Phi) is 5.58. The zero-order chi connectivity index (χ0) is 18.7. The van der Waals surface area contributed by atoms with Gasteiger partial charge in [-0.15, -0.1) is 11.8 Å². The van der Waals surface area contributed by atoms with Crippen molar-refractivity contribution < 1.29 is 9.53 Å². The van der Waals surface area contributed by atoms with Crippen molar-refractivity contribution in [3.05, 3.63) is 48.3 Å². The van der Waals surface area contributed by atoms with E-state index in [1.54, 1.807) is 6.20 Å². The third-order valence-corrected chi connectivity index (χ3v) is 5.63. The lowest BCUT2D eigenvalue weighted by molar-refractivity contribution is -0.138. The molecule has 26 heavy (non-hydrogen) atoms. The van der Waals surface area contributed by atoms with Gasteiger partial charge in [-0.3, -0.25) is 14.4 Å². The second kappa shape index (κ2) is 7.72. The van der Waals surface area contributed by atoms with Gasteiger partial charge in [0.2, 0.25) is 0 Å². The first-order chi connectivity index (χ1) is 12.4. The van der Waals surface area contributed by atoms with Gasteiger partial charge in [0.25, 0.3) is 6.47 Å². The average molecular weight is 375 g/mol. The fourth-order valence-electron chi connectivity index (χ4n) is 3.16. The summed E-state index contributed by atoms with van der Waals surface area (Å²) in [6.07, 6.45) is 3.67. The zero-order valence-electron chi connectivity index (χ0n) is 15.4. The van der Waals surface area contributed by atoms with Crippen molar-refractivity contribution in [1.82, 2.24) is 14.7 Å². The number of anilines is 1. The van der Waals surface area contributed by atoms with Gasteiger partial charge in [0.1, 0.15) is 5.60 Å². The molecule has 4 atom stereocenters. The van der Waals surface area contributed by atoms with E-state index in [9.17, 15) is 4.79 Å². The third-order valence-electron chi connectivity index (χ3n) is 4.32. The quantitative estimate of drug-likeness (QED) is 0.655. The molecule has 2 fully saturated rings. The number of carbonyl (C=O) groups excluding carboxylic acids is 1. The number of thioether (sulfide) groups is 1. The van der Waals surface area contributed by atoms with Crippen molar-refractivity contribution in [2.24, 2.45) is 0 Å². The van der Waals surface area contributed by atoms with Gasteiger partial charge in [-0.25, -0.2) is 0 Å². The molecule has 2 aromatic rings. The lowest BCUT2D eigenvalue weighted by Gasteiger charge is -2.19. The largest absolute Gasteiger partial charge is 0.462 e. The molecule has 2 saturated heterocycles. The zero-order valence-corrected chi connectivity index (χ0v) is 16.2. The Morgan fingerprint density at radius 2 is 2.08 bits per heavy atom. The predicted molar refractivity (Wildman–Crippen MR) is 105 cm³/mol. The van der Waals surface area contributed by atoms with Crippen molar-refractivity contribution in [3.8, 4) is 0 Å². The van der Waals surface area contributed by atoms with Crippen LogP contribution < -0.4 is 5.73 Å². The minimum absolute atomic E-state index is 0.274. The van der Waals surface area contributed by atoms with Crippen molar-refractivity contribution in [2.45, 2.75) is 43.8 Å². The molecule has 4 rings (SSSR count). The number of nitrogens with two attached hydrogens (primary N) is 1. The summed E-state index contributed by atoms with van der Waals surface area (Å²) in [6.45, 7) is 7.12. The van der Waals surface area contributed by atoms with E-state index in [0.29, 0.717) is 17.9 Å². The molecule has 0 radical (unpaired) electrons. The molecule has 0 spiro atoms. The summed E-state index contributed by atoms with van der Waals surface area (Å²) in [4.78, 5) is 12.2. The molecule has 1 aromatic carbocycles. The normalized spacial score (nSPS) is 24.8. The first-order valence-corrected chi connectivity index (χ1v) is 9.79. The van der Waals surface area contributed by atoms with E-state index in [1.165, 1.54) is 17.9 Å². The number of nitrogen functional groups attached to an aromatic ring is 1. The molecule has 140 valence electrons. The number of nitrogens with zero attached hydrogens (tertiary/aromatic N) is 3. The highest BCUT2D eigenvalue weighted by atomic mass is 32.2. The molecule has 4 unspecified atom stereocenters. The maximum atomic E-state index is 9.60. The van der Waals surface area contributed by atoms with E-state index in [-0.39, 0.29) is 11.6 Å². The Hall–Kier alpha value is -1.99. The molecule has 2 aliphatic heterocycles. The van der Waals surface area contributed by atoms with Gasteiger partial charge in [0.05, 0.1) is 29.3 Å². The number of hydrogen-bond donors (Lipinski definition) is 1. The SMILES string of the molecule is CC(C)(C)OC=O.Nc1cnn(C(c2ccccc2)C2C3SCCN32)c1. The summed E-state index contributed by atoms with van der Waals surface area (Å²) in [5.74, 6) is 1.25. The van der Waals surface area contributed by atoms with Gasteiger partial charge in [0, 0.05) is 18.5 Å². The van der Waals surface area contributed by atoms with Crippen LogP contribution in [0.2, 0.25) is 0 Å². The van der Waals surface area contributed by atoms with E-state index in [0.717, 1.165) is 5.69 Å². The fraction of sp³-hybridized carbons (Fsp3) is 0.474. The third kappa shape index (κ3) is 4.40. The molecule has 2 N–H and O–H groups in total. The van der Waals surface area contributed by atoms with Crippen LogP contribution in [0.4, 0.5) is 5.69 Å². The average Bonchev–Trinajstić information content (AvgIpc) is 2.92. The second-order valence-electron chi connectivity index (χ2n) is 7.43. The highest BCUT2D eigenvalue weighted by Crippen LogP contribution is 2.49. The minimum Gasteiger partial charge on any atom is -0.462 e. The smallest absolute Gasteiger partial charge is 0.293 e. The molecule has 3 heterocycles. The Morgan fingerprint density at radius 1 is 1.35 bits per heavy atom. The Balaban J connectivity index is 0.000000242. The van der Waals surface area contributed by atoms with Gasteiger partial charge in [0.15, 0.2) is 0 Å². The second-order valence-corrected chi connectivity index (χ2v) is 8.65. The van der Waals surface area contributed by atoms with E-state index >= 15 is 0 Å². The molecule has 0 amide bonds. The minimum atomic E-state index is -0.318. The molecule has 0 bridgehead atoms. The fourth-order valence-corrected chi connectivity index (χ4v) is 4.59. The van der Waals surface area contributed by atoms with Gasteiger partial charge in [-0.1, -0.05) is 30.3 Å². The van der Waals surface area contributed by atoms with E-state index < -0.39 is 0 Å². The van der Waals surface area contributed by atoms with Crippen LogP contribution in [0.25, 0.3) is 0 Å². The Labute approximate surface area is 158 Å². The lowest BCUT2D eigenvalue weighted by atomic mass is 10.0. The molecular weight excluding hydrogens is 348 g/mol. The highest BCUT2D eigenvalue weighted by molar-refractivity contribution is 8.00. The maximum Gasteiger partial charge on any atom is 0.293 e. The van der Waals surface area contributed by atoms with E-state index in [4.69, 9.17) is 5.73 Å². The van der Waals surface area contributed by atoms with Crippen molar-refractivity contribution in [3.63, 3.8) is 0 Å². The number of ether oxygens (including phenoxy) is 1. The topological polar surface area (TPSA) is 73.2 Å². The molecular formula is C19H26N4O2S. The summed E-state index contributed by atoms with van der Waals surface area (Å²) >= 11 is 2.06. The summed E-state index contributed by atoms with van der Waals surface area (Å²) in [5, 5.41) is 5.10. The summed E-state index contributed by atoms with van der Waals surface area (Å²) in [5.41, 5.74) is 7.55. The van der Waals surface area contributed by atoms with Crippen molar-refractivity contribution in [1.29, 1.82) is 0 Å². The van der Waals surface area contributed by atoms with Gasteiger partial charge in [-0.2, -0.15) is 5.10 Å². The lowest BCUT2D eigenvalue weighted by Crippen LogP contribution is -2.22. The van der Waals surface area contributed by atoms with Gasteiger partial charge < -0.3 is 10.5 Å². The summed E-state index contributed by atoms with van der Waals surface area (Å²) in [7, 11) is 0. The molecule has 1 aromatic heterocycles. The van der Waals surface area contributed by atoms with Gasteiger partial charge >= 0.3 is 0 Å². The number of rotatable bonds is 4. The van der Waals surface area contributed by atoms with E-state index in [1.807, 2.05) is 31.6 Å². The number of hydrogen-bond acceptors (Lipinski definition) is 6. The van der Waals surface area contributed by atoms with Crippen LogP contribution in [0.15, 0.2) is 42.7 Å². The number of benzene rings is 1. The van der Waals surface area contributed by atoms with Crippen LogP contribution in [0.5, 0.6) is 0 Å². The molecule has 0 saturated carbocycles. The first kappa shape index (κ1) is 18.8. The van der Waals surface area contributed by atoms with Crippen LogP contribution in [-0.2, 0) is 9.53 Å². The summed E-state index contributed by atoms with van der Waals surface area (Å²) in [6, 6.07) is 11.4. The van der Waals surface area contributed by atoms with Crippen LogP contribution in [0.3, 0.4) is 0 Å². The van der Waals surface area contributed by atoms with E-state index in [2.05, 4.69) is 56.8 Å².